The van der Waals surface area contributed by atoms with E-state index in [0.29, 0.717) is 35.1 Å². The van der Waals surface area contributed by atoms with Crippen LogP contribution in [-0.4, -0.2) is 34.3 Å². The normalized spacial score (nSPS) is 13.6. The summed E-state index contributed by atoms with van der Waals surface area (Å²) >= 11 is 1.23. The lowest BCUT2D eigenvalue weighted by Gasteiger charge is -2.27. The molecule has 1 aromatic heterocycles. The third-order valence-electron chi connectivity index (χ3n) is 4.94. The zero-order valence-electron chi connectivity index (χ0n) is 16.9. The van der Waals surface area contributed by atoms with Gasteiger partial charge in [-0.05, 0) is 24.1 Å². The van der Waals surface area contributed by atoms with Gasteiger partial charge in [-0.2, -0.15) is 0 Å². The van der Waals surface area contributed by atoms with E-state index in [4.69, 9.17) is 4.74 Å². The van der Waals surface area contributed by atoms with Crippen molar-refractivity contribution in [1.29, 1.82) is 0 Å². The van der Waals surface area contributed by atoms with Gasteiger partial charge in [0.2, 0.25) is 0 Å². The molecule has 1 atom stereocenters. The van der Waals surface area contributed by atoms with Gasteiger partial charge in [-0.25, -0.2) is 4.98 Å². The topological polar surface area (TPSA) is 88.6 Å². The second-order valence-corrected chi connectivity index (χ2v) is 7.88. The molecule has 0 radical (unpaired) electrons. The summed E-state index contributed by atoms with van der Waals surface area (Å²) in [5.41, 5.74) is 2.75. The molecule has 31 heavy (non-hydrogen) atoms. The molecule has 2 heterocycles. The van der Waals surface area contributed by atoms with Crippen LogP contribution in [0.1, 0.15) is 40.1 Å². The van der Waals surface area contributed by atoms with Gasteiger partial charge in [0.15, 0.2) is 5.13 Å². The minimum atomic E-state index is -0.807. The fourth-order valence-electron chi connectivity index (χ4n) is 3.57. The van der Waals surface area contributed by atoms with E-state index < -0.39 is 6.04 Å². The molecular weight excluding hydrogens is 414 g/mol. The fourth-order valence-corrected chi connectivity index (χ4v) is 4.29. The molecule has 2 amide bonds. The van der Waals surface area contributed by atoms with Gasteiger partial charge in [0.1, 0.15) is 6.04 Å². The Morgan fingerprint density at radius 3 is 2.65 bits per heavy atom. The van der Waals surface area contributed by atoms with E-state index >= 15 is 0 Å². The van der Waals surface area contributed by atoms with Crippen LogP contribution in [0, 0.1) is 0 Å². The van der Waals surface area contributed by atoms with Crippen molar-refractivity contribution in [1.82, 2.24) is 9.88 Å². The van der Waals surface area contributed by atoms with Crippen molar-refractivity contribution in [3.05, 3.63) is 82.4 Å². The molecule has 1 unspecified atom stereocenters. The smallest absolute Gasteiger partial charge is 0.311 e. The monoisotopic (exact) mass is 435 g/mol. The van der Waals surface area contributed by atoms with Crippen LogP contribution in [0.2, 0.25) is 0 Å². The van der Waals surface area contributed by atoms with Crippen LogP contribution in [0.5, 0.6) is 0 Å². The molecule has 2 aromatic carbocycles. The zero-order valence-corrected chi connectivity index (χ0v) is 17.7. The number of carbonyl (C=O) groups excluding carboxylic acids is 3. The van der Waals surface area contributed by atoms with Crippen molar-refractivity contribution < 1.29 is 19.1 Å². The molecule has 0 fully saturated rings. The first-order valence-corrected chi connectivity index (χ1v) is 10.8. The molecule has 1 N–H and O–H groups in total. The van der Waals surface area contributed by atoms with E-state index in [2.05, 4.69) is 10.3 Å². The van der Waals surface area contributed by atoms with Gasteiger partial charge in [0.05, 0.1) is 18.7 Å². The lowest BCUT2D eigenvalue weighted by atomic mass is 10.0. The van der Waals surface area contributed by atoms with Crippen molar-refractivity contribution in [3.8, 4) is 0 Å². The number of amides is 2. The van der Waals surface area contributed by atoms with Crippen molar-refractivity contribution in [2.75, 3.05) is 11.9 Å². The Bertz CT molecular complexity index is 1110. The molecule has 0 spiro atoms. The van der Waals surface area contributed by atoms with Gasteiger partial charge in [-0.1, -0.05) is 48.5 Å². The van der Waals surface area contributed by atoms with Crippen LogP contribution in [-0.2, 0) is 27.3 Å². The fraction of sp³-hybridized carbons (Fsp3) is 0.217. The maximum absolute atomic E-state index is 13.3. The Morgan fingerprint density at radius 2 is 1.90 bits per heavy atom. The standard InChI is InChI=1S/C23H21N3O4S/c1-2-30-19(27)12-17-14-31-23(24-17)25-21(28)20(15-8-4-3-5-9-15)26-13-16-10-6-7-11-18(16)22(26)29/h3-11,14,20H,2,12-13H2,1H3,(H,24,25,28). The number of esters is 1. The van der Waals surface area contributed by atoms with E-state index in [9.17, 15) is 14.4 Å². The third-order valence-corrected chi connectivity index (χ3v) is 5.74. The molecule has 0 aliphatic carbocycles. The van der Waals surface area contributed by atoms with Crippen LogP contribution < -0.4 is 5.32 Å². The summed E-state index contributed by atoms with van der Waals surface area (Å²) in [5, 5.41) is 4.89. The number of hydrogen-bond donors (Lipinski definition) is 1. The van der Waals surface area contributed by atoms with Gasteiger partial charge in [-0.3, -0.25) is 19.7 Å². The summed E-state index contributed by atoms with van der Waals surface area (Å²) < 4.78 is 4.94. The number of benzene rings is 2. The number of fused-ring (bicyclic) bond motifs is 1. The number of hydrogen-bond acceptors (Lipinski definition) is 6. The van der Waals surface area contributed by atoms with Gasteiger partial charge in [0.25, 0.3) is 11.8 Å². The second-order valence-electron chi connectivity index (χ2n) is 7.02. The maximum atomic E-state index is 13.3. The van der Waals surface area contributed by atoms with E-state index in [1.54, 1.807) is 23.3 Å². The Kier molecular flexibility index (Phi) is 6.08. The summed E-state index contributed by atoms with van der Waals surface area (Å²) in [5.74, 6) is -0.903. The first kappa shape index (κ1) is 20.7. The van der Waals surface area contributed by atoms with Crippen LogP contribution in [0.25, 0.3) is 0 Å². The summed E-state index contributed by atoms with van der Waals surface area (Å²) in [6, 6.07) is 15.8. The first-order valence-electron chi connectivity index (χ1n) is 9.91. The highest BCUT2D eigenvalue weighted by Crippen LogP contribution is 2.32. The lowest BCUT2D eigenvalue weighted by Crippen LogP contribution is -2.37. The van der Waals surface area contributed by atoms with Gasteiger partial charge < -0.3 is 9.64 Å². The summed E-state index contributed by atoms with van der Waals surface area (Å²) in [6.45, 7) is 2.40. The molecular formula is C23H21N3O4S. The highest BCUT2D eigenvalue weighted by atomic mass is 32.1. The number of nitrogens with one attached hydrogen (secondary N) is 1. The number of thiazole rings is 1. The third kappa shape index (κ3) is 4.49. The average Bonchev–Trinajstić information content (AvgIpc) is 3.33. The number of carbonyl (C=O) groups is 3. The number of anilines is 1. The molecule has 4 rings (SSSR count). The Labute approximate surface area is 183 Å². The van der Waals surface area contributed by atoms with Crippen molar-refractivity contribution in [3.63, 3.8) is 0 Å². The van der Waals surface area contributed by atoms with Gasteiger partial charge >= 0.3 is 5.97 Å². The van der Waals surface area contributed by atoms with Crippen molar-refractivity contribution in [2.45, 2.75) is 25.9 Å². The quantitative estimate of drug-likeness (QED) is 0.573. The van der Waals surface area contributed by atoms with Crippen LogP contribution in [0.3, 0.4) is 0 Å². The van der Waals surface area contributed by atoms with Gasteiger partial charge in [0, 0.05) is 17.5 Å². The van der Waals surface area contributed by atoms with Crippen molar-refractivity contribution in [2.24, 2.45) is 0 Å². The predicted octanol–water partition coefficient (Wildman–Crippen LogP) is 3.58. The largest absolute Gasteiger partial charge is 0.466 e. The molecule has 1 aliphatic heterocycles. The highest BCUT2D eigenvalue weighted by Gasteiger charge is 2.37. The van der Waals surface area contributed by atoms with Crippen LogP contribution in [0.4, 0.5) is 5.13 Å². The molecule has 0 saturated carbocycles. The van der Waals surface area contributed by atoms with E-state index in [1.807, 2.05) is 48.5 Å². The Balaban J connectivity index is 1.56. The van der Waals surface area contributed by atoms with Crippen molar-refractivity contribution >= 4 is 34.3 Å². The molecule has 158 valence electrons. The van der Waals surface area contributed by atoms with Crippen LogP contribution in [0.15, 0.2) is 60.0 Å². The number of aromatic nitrogens is 1. The number of rotatable bonds is 7. The summed E-state index contributed by atoms with van der Waals surface area (Å²) in [4.78, 5) is 43.9. The van der Waals surface area contributed by atoms with E-state index in [0.717, 1.165) is 5.56 Å². The zero-order chi connectivity index (χ0) is 21.8. The van der Waals surface area contributed by atoms with Crippen LogP contribution >= 0.6 is 11.3 Å². The highest BCUT2D eigenvalue weighted by molar-refractivity contribution is 7.13. The summed E-state index contributed by atoms with van der Waals surface area (Å²) in [7, 11) is 0. The minimum Gasteiger partial charge on any atom is -0.466 e. The first-order chi connectivity index (χ1) is 15.1. The molecule has 3 aromatic rings. The number of nitrogens with zero attached hydrogens (tertiary/aromatic N) is 2. The van der Waals surface area contributed by atoms with Gasteiger partial charge in [-0.15, -0.1) is 11.3 Å². The summed E-state index contributed by atoms with van der Waals surface area (Å²) in [6.07, 6.45) is 0.0439. The second kappa shape index (κ2) is 9.09. The average molecular weight is 436 g/mol. The molecule has 7 nitrogen and oxygen atoms in total. The molecule has 0 bridgehead atoms. The number of ether oxygens (including phenoxy) is 1. The molecule has 8 heteroatoms. The lowest BCUT2D eigenvalue weighted by molar-refractivity contribution is -0.142. The Morgan fingerprint density at radius 1 is 1.16 bits per heavy atom. The Hall–Kier alpha value is -3.52. The SMILES string of the molecule is CCOC(=O)Cc1csc(NC(=O)C(c2ccccc2)N2Cc3ccccc3C2=O)n1. The maximum Gasteiger partial charge on any atom is 0.311 e. The molecule has 0 saturated heterocycles. The van der Waals surface area contributed by atoms with E-state index in [1.165, 1.54) is 11.3 Å². The van der Waals surface area contributed by atoms with E-state index in [-0.39, 0.29) is 24.2 Å². The molecule has 1 aliphatic rings. The predicted molar refractivity (Wildman–Crippen MR) is 117 cm³/mol. The minimum absolute atomic E-state index is 0.0439.